The number of halogens is 2. The molecule has 0 radical (unpaired) electrons. The summed E-state index contributed by atoms with van der Waals surface area (Å²) in [6.45, 7) is 1.13. The molecule has 0 spiro atoms. The zero-order valence-electron chi connectivity index (χ0n) is 9.10. The normalized spacial score (nSPS) is 20.2. The number of rotatable bonds is 3. The summed E-state index contributed by atoms with van der Waals surface area (Å²) < 4.78 is 58.8. The maximum Gasteiger partial charge on any atom is 0.465 e. The van der Waals surface area contributed by atoms with E-state index in [0.717, 1.165) is 0 Å². The van der Waals surface area contributed by atoms with E-state index in [2.05, 4.69) is 4.74 Å². The number of piperidine rings is 1. The Morgan fingerprint density at radius 2 is 1.88 bits per heavy atom. The number of ether oxygens (including phenoxy) is 1. The van der Waals surface area contributed by atoms with Gasteiger partial charge in [0, 0.05) is 13.1 Å². The summed E-state index contributed by atoms with van der Waals surface area (Å²) in [5.41, 5.74) is 0. The minimum Gasteiger partial charge on any atom is -0.457 e. The van der Waals surface area contributed by atoms with Gasteiger partial charge in [-0.3, -0.25) is 4.55 Å². The quantitative estimate of drug-likeness (QED) is 0.580. The molecular formula is C8H13F2NO5S. The van der Waals surface area contributed by atoms with Crippen LogP contribution in [0.2, 0.25) is 0 Å². The van der Waals surface area contributed by atoms with Crippen LogP contribution in [0.5, 0.6) is 0 Å². The van der Waals surface area contributed by atoms with E-state index in [9.17, 15) is 22.0 Å². The summed E-state index contributed by atoms with van der Waals surface area (Å²) in [6.07, 6.45) is -0.0422. The van der Waals surface area contributed by atoms with E-state index in [-0.39, 0.29) is 0 Å². The second-order valence-electron chi connectivity index (χ2n) is 3.90. The first-order chi connectivity index (χ1) is 7.64. The number of alkyl halides is 2. The summed E-state index contributed by atoms with van der Waals surface area (Å²) in [6, 6.07) is 0. The predicted octanol–water partition coefficient (Wildman–Crippen LogP) is 0.104. The highest BCUT2D eigenvalue weighted by Gasteiger charge is 2.54. The van der Waals surface area contributed by atoms with E-state index >= 15 is 0 Å². The third-order valence-corrected chi connectivity index (χ3v) is 3.32. The molecule has 1 heterocycles. The van der Waals surface area contributed by atoms with Gasteiger partial charge in [-0.25, -0.2) is 4.79 Å². The Balaban J connectivity index is 2.61. The molecular weight excluding hydrogens is 260 g/mol. The van der Waals surface area contributed by atoms with Gasteiger partial charge in [0.2, 0.25) is 0 Å². The van der Waals surface area contributed by atoms with Gasteiger partial charge in [-0.1, -0.05) is 0 Å². The fraction of sp³-hybridized carbons (Fsp3) is 0.875. The molecule has 100 valence electrons. The van der Waals surface area contributed by atoms with Gasteiger partial charge >= 0.3 is 21.3 Å². The van der Waals surface area contributed by atoms with Gasteiger partial charge < -0.3 is 9.64 Å². The predicted molar refractivity (Wildman–Crippen MR) is 53.1 cm³/mol. The van der Waals surface area contributed by atoms with Gasteiger partial charge in [0.05, 0.1) is 0 Å². The van der Waals surface area contributed by atoms with Crippen molar-refractivity contribution in [2.24, 2.45) is 0 Å². The first-order valence-electron chi connectivity index (χ1n) is 4.89. The molecule has 17 heavy (non-hydrogen) atoms. The lowest BCUT2D eigenvalue weighted by atomic mass is 10.1. The van der Waals surface area contributed by atoms with Crippen LogP contribution in [-0.4, -0.2) is 55.3 Å². The van der Waals surface area contributed by atoms with Crippen molar-refractivity contribution in [1.82, 2.24) is 4.90 Å². The van der Waals surface area contributed by atoms with Crippen LogP contribution in [0, 0.1) is 0 Å². The van der Waals surface area contributed by atoms with E-state index in [0.29, 0.717) is 25.9 Å². The van der Waals surface area contributed by atoms with Gasteiger partial charge in [-0.2, -0.15) is 17.2 Å². The summed E-state index contributed by atoms with van der Waals surface area (Å²) in [5.74, 6) is -2.23. The SMILES string of the molecule is CN1CCC(OC(=O)C(F)(F)S(=O)(=O)O)CC1. The minimum atomic E-state index is -5.78. The van der Waals surface area contributed by atoms with Crippen LogP contribution in [0.15, 0.2) is 0 Å². The van der Waals surface area contributed by atoms with Crippen LogP contribution in [0.4, 0.5) is 8.78 Å². The molecule has 6 nitrogen and oxygen atoms in total. The molecule has 0 unspecified atom stereocenters. The lowest BCUT2D eigenvalue weighted by Crippen LogP contribution is -2.43. The van der Waals surface area contributed by atoms with Crippen molar-refractivity contribution in [3.8, 4) is 0 Å². The highest BCUT2D eigenvalue weighted by atomic mass is 32.2. The fourth-order valence-corrected chi connectivity index (χ4v) is 1.69. The zero-order valence-corrected chi connectivity index (χ0v) is 9.91. The second kappa shape index (κ2) is 4.83. The Hall–Kier alpha value is -0.800. The molecule has 1 fully saturated rings. The summed E-state index contributed by atoms with van der Waals surface area (Å²) in [7, 11) is -3.96. The molecule has 0 aromatic rings. The Kier molecular flexibility index (Phi) is 4.05. The number of hydrogen-bond acceptors (Lipinski definition) is 5. The van der Waals surface area contributed by atoms with Crippen LogP contribution >= 0.6 is 0 Å². The van der Waals surface area contributed by atoms with Crippen LogP contribution in [0.1, 0.15) is 12.8 Å². The Morgan fingerprint density at radius 3 is 2.29 bits per heavy atom. The van der Waals surface area contributed by atoms with Gasteiger partial charge in [-0.05, 0) is 19.9 Å². The number of carbonyl (C=O) groups excluding carboxylic acids is 1. The molecule has 1 aliphatic rings. The smallest absolute Gasteiger partial charge is 0.457 e. The van der Waals surface area contributed by atoms with Crippen molar-refractivity contribution in [3.05, 3.63) is 0 Å². The molecule has 0 aromatic carbocycles. The molecule has 1 N–H and O–H groups in total. The lowest BCUT2D eigenvalue weighted by molar-refractivity contribution is -0.169. The van der Waals surface area contributed by atoms with Crippen LogP contribution in [-0.2, 0) is 19.6 Å². The van der Waals surface area contributed by atoms with E-state index in [1.54, 1.807) is 0 Å². The molecule has 9 heteroatoms. The van der Waals surface area contributed by atoms with Crippen molar-refractivity contribution >= 4 is 16.1 Å². The fourth-order valence-electron chi connectivity index (χ4n) is 1.43. The van der Waals surface area contributed by atoms with Crippen LogP contribution in [0.25, 0.3) is 0 Å². The third kappa shape index (κ3) is 3.33. The first-order valence-corrected chi connectivity index (χ1v) is 6.33. The summed E-state index contributed by atoms with van der Waals surface area (Å²) in [4.78, 5) is 12.9. The molecule has 0 saturated carbocycles. The highest BCUT2D eigenvalue weighted by molar-refractivity contribution is 7.87. The zero-order chi connectivity index (χ0) is 13.3. The van der Waals surface area contributed by atoms with Crippen LogP contribution in [0.3, 0.4) is 0 Å². The molecule has 1 aliphatic heterocycles. The Morgan fingerprint density at radius 1 is 1.41 bits per heavy atom. The average molecular weight is 273 g/mol. The average Bonchev–Trinajstić information content (AvgIpc) is 2.19. The molecule has 0 aliphatic carbocycles. The molecule has 1 rings (SSSR count). The number of esters is 1. The van der Waals surface area contributed by atoms with Gasteiger partial charge in [0.15, 0.2) is 0 Å². The van der Waals surface area contributed by atoms with E-state index in [1.165, 1.54) is 0 Å². The summed E-state index contributed by atoms with van der Waals surface area (Å²) in [5, 5.41) is -4.91. The minimum absolute atomic E-state index is 0.351. The van der Waals surface area contributed by atoms with Gasteiger partial charge in [0.25, 0.3) is 0 Å². The van der Waals surface area contributed by atoms with Gasteiger partial charge in [0.1, 0.15) is 6.10 Å². The number of likely N-dealkylation sites (tertiary alicyclic amines) is 1. The van der Waals surface area contributed by atoms with Gasteiger partial charge in [-0.15, -0.1) is 0 Å². The van der Waals surface area contributed by atoms with Crippen molar-refractivity contribution < 1.29 is 31.3 Å². The number of hydrogen-bond donors (Lipinski definition) is 1. The number of nitrogens with zero attached hydrogens (tertiary/aromatic N) is 1. The Labute approximate surface area is 97.3 Å². The standard InChI is InChI=1S/C8H13F2NO5S/c1-11-4-2-6(3-5-11)16-7(12)8(9,10)17(13,14)15/h6H,2-5H2,1H3,(H,13,14,15). The molecule has 0 amide bonds. The van der Waals surface area contributed by atoms with E-state index in [4.69, 9.17) is 4.55 Å². The highest BCUT2D eigenvalue weighted by Crippen LogP contribution is 2.24. The molecule has 0 bridgehead atoms. The van der Waals surface area contributed by atoms with E-state index in [1.807, 2.05) is 11.9 Å². The van der Waals surface area contributed by atoms with Crippen molar-refractivity contribution in [2.45, 2.75) is 24.2 Å². The maximum absolute atomic E-state index is 12.8. The molecule has 1 saturated heterocycles. The topological polar surface area (TPSA) is 83.9 Å². The molecule has 0 atom stereocenters. The third-order valence-electron chi connectivity index (χ3n) is 2.50. The largest absolute Gasteiger partial charge is 0.465 e. The Bertz CT molecular complexity index is 389. The number of carbonyl (C=O) groups is 1. The summed E-state index contributed by atoms with van der Waals surface area (Å²) >= 11 is 0. The lowest BCUT2D eigenvalue weighted by Gasteiger charge is -2.29. The van der Waals surface area contributed by atoms with E-state index < -0.39 is 27.4 Å². The second-order valence-corrected chi connectivity index (χ2v) is 5.36. The monoisotopic (exact) mass is 273 g/mol. The maximum atomic E-state index is 12.8. The van der Waals surface area contributed by atoms with Crippen LogP contribution < -0.4 is 0 Å². The van der Waals surface area contributed by atoms with Crippen molar-refractivity contribution in [2.75, 3.05) is 20.1 Å². The first kappa shape index (κ1) is 14.3. The molecule has 0 aromatic heterocycles. The van der Waals surface area contributed by atoms with Crippen molar-refractivity contribution in [3.63, 3.8) is 0 Å². The van der Waals surface area contributed by atoms with Crippen molar-refractivity contribution in [1.29, 1.82) is 0 Å².